The number of hydrogen-bond donors (Lipinski definition) is 1. The maximum absolute atomic E-state index is 11.9. The van der Waals surface area contributed by atoms with Crippen molar-refractivity contribution < 1.29 is 4.79 Å². The highest BCUT2D eigenvalue weighted by atomic mass is 79.9. The van der Waals surface area contributed by atoms with Crippen molar-refractivity contribution in [2.75, 3.05) is 30.9 Å². The van der Waals surface area contributed by atoms with Crippen molar-refractivity contribution in [3.63, 3.8) is 0 Å². The lowest BCUT2D eigenvalue weighted by molar-refractivity contribution is 0.0940. The Hall–Kier alpha value is -1.03. The molecule has 0 aliphatic rings. The monoisotopic (exact) mass is 312 g/mol. The van der Waals surface area contributed by atoms with Crippen LogP contribution >= 0.6 is 15.9 Å². The third-order valence-corrected chi connectivity index (χ3v) is 4.25. The summed E-state index contributed by atoms with van der Waals surface area (Å²) < 4.78 is 0. The quantitative estimate of drug-likeness (QED) is 0.848. The molecule has 0 unspecified atom stereocenters. The third-order valence-electron chi connectivity index (χ3n) is 2.74. The van der Waals surface area contributed by atoms with Crippen molar-refractivity contribution >= 4 is 27.5 Å². The summed E-state index contributed by atoms with van der Waals surface area (Å²) in [7, 11) is 3.96. The molecule has 0 fully saturated rings. The maximum atomic E-state index is 11.9. The first-order valence-electron chi connectivity index (χ1n) is 5.97. The number of alkyl halides is 1. The molecule has 0 bridgehead atoms. The van der Waals surface area contributed by atoms with Gasteiger partial charge < -0.3 is 10.2 Å². The average Bonchev–Trinajstić information content (AvgIpc) is 2.36. The normalized spacial score (nSPS) is 11.2. The Morgan fingerprint density at radius 3 is 2.28 bits per heavy atom. The highest BCUT2D eigenvalue weighted by molar-refractivity contribution is 9.09. The van der Waals surface area contributed by atoms with Crippen LogP contribution < -0.4 is 10.2 Å². The van der Waals surface area contributed by atoms with Crippen LogP contribution in [0.3, 0.4) is 0 Å². The SMILES string of the molecule is CN(C)c1ccc(C(=O)NCC(C)(C)CBr)cc1. The second kappa shape index (κ2) is 6.23. The van der Waals surface area contributed by atoms with Gasteiger partial charge in [-0.2, -0.15) is 0 Å². The van der Waals surface area contributed by atoms with Gasteiger partial charge in [-0.3, -0.25) is 4.79 Å². The van der Waals surface area contributed by atoms with Crippen LogP contribution in [0.4, 0.5) is 5.69 Å². The van der Waals surface area contributed by atoms with E-state index in [0.29, 0.717) is 12.1 Å². The smallest absolute Gasteiger partial charge is 0.251 e. The molecule has 1 rings (SSSR count). The molecule has 0 atom stereocenters. The lowest BCUT2D eigenvalue weighted by atomic mass is 9.97. The number of halogens is 1. The van der Waals surface area contributed by atoms with Gasteiger partial charge in [-0.25, -0.2) is 0 Å². The molecular formula is C14H21BrN2O. The molecule has 0 radical (unpaired) electrons. The molecule has 1 amide bonds. The van der Waals surface area contributed by atoms with Crippen molar-refractivity contribution in [3.05, 3.63) is 29.8 Å². The molecule has 1 aromatic rings. The van der Waals surface area contributed by atoms with E-state index in [1.54, 1.807) is 0 Å². The van der Waals surface area contributed by atoms with Gasteiger partial charge in [-0.05, 0) is 29.7 Å². The van der Waals surface area contributed by atoms with E-state index in [2.05, 4.69) is 35.1 Å². The summed E-state index contributed by atoms with van der Waals surface area (Å²) in [5, 5.41) is 3.82. The van der Waals surface area contributed by atoms with Gasteiger partial charge in [0.25, 0.3) is 5.91 Å². The second-order valence-corrected chi connectivity index (χ2v) is 5.98. The van der Waals surface area contributed by atoms with E-state index in [1.165, 1.54) is 0 Å². The molecule has 0 saturated carbocycles. The van der Waals surface area contributed by atoms with Crippen molar-refractivity contribution in [2.24, 2.45) is 5.41 Å². The fourth-order valence-corrected chi connectivity index (χ4v) is 1.58. The standard InChI is InChI=1S/C14H21BrN2O/c1-14(2,9-15)10-16-13(18)11-5-7-12(8-6-11)17(3)4/h5-8H,9-10H2,1-4H3,(H,16,18). The van der Waals surface area contributed by atoms with Gasteiger partial charge in [0.15, 0.2) is 0 Å². The number of carbonyl (C=O) groups excluding carboxylic acids is 1. The number of hydrogen-bond acceptors (Lipinski definition) is 2. The van der Waals surface area contributed by atoms with Gasteiger partial charge in [0, 0.05) is 37.2 Å². The van der Waals surface area contributed by atoms with Crippen LogP contribution in [0.5, 0.6) is 0 Å². The van der Waals surface area contributed by atoms with Crippen molar-refractivity contribution in [1.82, 2.24) is 5.32 Å². The van der Waals surface area contributed by atoms with Crippen LogP contribution in [0, 0.1) is 5.41 Å². The first-order valence-corrected chi connectivity index (χ1v) is 7.09. The topological polar surface area (TPSA) is 32.3 Å². The van der Waals surface area contributed by atoms with E-state index >= 15 is 0 Å². The van der Waals surface area contributed by atoms with E-state index < -0.39 is 0 Å². The summed E-state index contributed by atoms with van der Waals surface area (Å²) in [5.74, 6) is -0.0191. The Balaban J connectivity index is 2.62. The first-order chi connectivity index (χ1) is 8.35. The van der Waals surface area contributed by atoms with E-state index in [9.17, 15) is 4.79 Å². The van der Waals surface area contributed by atoms with E-state index in [-0.39, 0.29) is 11.3 Å². The number of benzene rings is 1. The third kappa shape index (κ3) is 4.33. The molecule has 4 heteroatoms. The van der Waals surface area contributed by atoms with Crippen molar-refractivity contribution in [1.29, 1.82) is 0 Å². The van der Waals surface area contributed by atoms with Gasteiger partial charge in [0.2, 0.25) is 0 Å². The minimum Gasteiger partial charge on any atom is -0.378 e. The van der Waals surface area contributed by atoms with Crippen LogP contribution in [0.15, 0.2) is 24.3 Å². The molecule has 1 aromatic carbocycles. The molecule has 0 aliphatic carbocycles. The molecule has 3 nitrogen and oxygen atoms in total. The van der Waals surface area contributed by atoms with Crippen LogP contribution in [0.2, 0.25) is 0 Å². The van der Waals surface area contributed by atoms with Gasteiger partial charge in [0.1, 0.15) is 0 Å². The second-order valence-electron chi connectivity index (χ2n) is 5.42. The Bertz CT molecular complexity index is 399. The molecule has 0 aromatic heterocycles. The summed E-state index contributed by atoms with van der Waals surface area (Å²) in [4.78, 5) is 14.0. The predicted octanol–water partition coefficient (Wildman–Crippen LogP) is 2.90. The van der Waals surface area contributed by atoms with E-state index in [0.717, 1.165) is 11.0 Å². The predicted molar refractivity (Wildman–Crippen MR) is 80.7 cm³/mol. The lowest BCUT2D eigenvalue weighted by Gasteiger charge is -2.22. The summed E-state index contributed by atoms with van der Waals surface area (Å²) >= 11 is 3.45. The number of anilines is 1. The Morgan fingerprint density at radius 1 is 1.28 bits per heavy atom. The minimum atomic E-state index is -0.0191. The fraction of sp³-hybridized carbons (Fsp3) is 0.500. The average molecular weight is 313 g/mol. The number of amides is 1. The van der Waals surface area contributed by atoms with E-state index in [1.807, 2.05) is 43.3 Å². The highest BCUT2D eigenvalue weighted by Crippen LogP contribution is 2.17. The number of carbonyl (C=O) groups is 1. The van der Waals surface area contributed by atoms with Gasteiger partial charge in [0.05, 0.1) is 0 Å². The van der Waals surface area contributed by atoms with Crippen LogP contribution in [-0.2, 0) is 0 Å². The Kier molecular flexibility index (Phi) is 5.20. The molecular weight excluding hydrogens is 292 g/mol. The number of nitrogens with zero attached hydrogens (tertiary/aromatic N) is 1. The molecule has 100 valence electrons. The van der Waals surface area contributed by atoms with Crippen molar-refractivity contribution in [2.45, 2.75) is 13.8 Å². The van der Waals surface area contributed by atoms with Crippen molar-refractivity contribution in [3.8, 4) is 0 Å². The molecule has 0 aliphatic heterocycles. The minimum absolute atomic E-state index is 0.0191. The maximum Gasteiger partial charge on any atom is 0.251 e. The van der Waals surface area contributed by atoms with Crippen LogP contribution in [-0.4, -0.2) is 31.9 Å². The summed E-state index contributed by atoms with van der Waals surface area (Å²) in [6.07, 6.45) is 0. The largest absolute Gasteiger partial charge is 0.378 e. The fourth-order valence-electron chi connectivity index (χ4n) is 1.38. The number of rotatable bonds is 5. The van der Waals surface area contributed by atoms with Gasteiger partial charge in [-0.15, -0.1) is 0 Å². The summed E-state index contributed by atoms with van der Waals surface area (Å²) in [6.45, 7) is 4.88. The zero-order valence-electron chi connectivity index (χ0n) is 11.5. The van der Waals surface area contributed by atoms with Crippen LogP contribution in [0.1, 0.15) is 24.2 Å². The van der Waals surface area contributed by atoms with Gasteiger partial charge in [-0.1, -0.05) is 29.8 Å². The highest BCUT2D eigenvalue weighted by Gasteiger charge is 2.17. The molecule has 0 saturated heterocycles. The number of nitrogens with one attached hydrogen (secondary N) is 1. The molecule has 18 heavy (non-hydrogen) atoms. The summed E-state index contributed by atoms with van der Waals surface area (Å²) in [5.41, 5.74) is 1.86. The van der Waals surface area contributed by atoms with Gasteiger partial charge >= 0.3 is 0 Å². The summed E-state index contributed by atoms with van der Waals surface area (Å²) in [6, 6.07) is 7.60. The molecule has 0 spiro atoms. The lowest BCUT2D eigenvalue weighted by Crippen LogP contribution is -2.34. The molecule has 1 N–H and O–H groups in total. The van der Waals surface area contributed by atoms with E-state index in [4.69, 9.17) is 0 Å². The van der Waals surface area contributed by atoms with Crippen LogP contribution in [0.25, 0.3) is 0 Å². The molecule has 0 heterocycles. The zero-order valence-corrected chi connectivity index (χ0v) is 13.0. The first kappa shape index (κ1) is 15.0. The zero-order chi connectivity index (χ0) is 13.8. The Labute approximate surface area is 118 Å². The Morgan fingerprint density at radius 2 is 1.83 bits per heavy atom.